The van der Waals surface area contributed by atoms with E-state index in [0.717, 1.165) is 29.6 Å². The molecule has 2 aromatic rings. The summed E-state index contributed by atoms with van der Waals surface area (Å²) in [5, 5.41) is 3.26. The van der Waals surface area contributed by atoms with E-state index in [9.17, 15) is 0 Å². The van der Waals surface area contributed by atoms with Gasteiger partial charge in [-0.25, -0.2) is 9.97 Å². The summed E-state index contributed by atoms with van der Waals surface area (Å²) in [7, 11) is 0. The Morgan fingerprint density at radius 3 is 2.26 bits per heavy atom. The van der Waals surface area contributed by atoms with E-state index in [1.54, 1.807) is 0 Å². The lowest BCUT2D eigenvalue weighted by Gasteiger charge is -2.06. The molecule has 1 aromatic carbocycles. The number of aromatic nitrogens is 2. The summed E-state index contributed by atoms with van der Waals surface area (Å²) in [6.07, 6.45) is 0. The molecule has 2 rings (SSSR count). The first kappa shape index (κ1) is 13.9. The molecule has 0 saturated carbocycles. The van der Waals surface area contributed by atoms with Gasteiger partial charge in [-0.05, 0) is 39.0 Å². The highest BCUT2D eigenvalue weighted by molar-refractivity contribution is 7.99. The molecule has 0 fully saturated rings. The molecule has 1 heterocycles. The van der Waals surface area contributed by atoms with Gasteiger partial charge >= 0.3 is 0 Å². The summed E-state index contributed by atoms with van der Waals surface area (Å²) >= 11 is 1.84. The van der Waals surface area contributed by atoms with E-state index in [1.807, 2.05) is 31.7 Å². The minimum absolute atomic E-state index is 0.724. The lowest BCUT2D eigenvalue weighted by molar-refractivity contribution is 1.02. The highest BCUT2D eigenvalue weighted by Gasteiger charge is 1.99. The number of aryl methyl sites for hydroxylation is 3. The molecule has 0 radical (unpaired) electrons. The Kier molecular flexibility index (Phi) is 4.80. The van der Waals surface area contributed by atoms with Crippen LogP contribution in [0.5, 0.6) is 0 Å². The van der Waals surface area contributed by atoms with E-state index < -0.39 is 0 Å². The van der Waals surface area contributed by atoms with Crippen LogP contribution in [-0.2, 0) is 0 Å². The van der Waals surface area contributed by atoms with Crippen LogP contribution in [0.25, 0.3) is 0 Å². The summed E-state index contributed by atoms with van der Waals surface area (Å²) in [5.74, 6) is 1.72. The number of hydrogen-bond donors (Lipinski definition) is 1. The Labute approximate surface area is 118 Å². The van der Waals surface area contributed by atoms with Gasteiger partial charge < -0.3 is 5.32 Å². The van der Waals surface area contributed by atoms with Gasteiger partial charge in [-0.15, -0.1) is 11.8 Å². The number of thioether (sulfide) groups is 1. The quantitative estimate of drug-likeness (QED) is 0.667. The van der Waals surface area contributed by atoms with Crippen LogP contribution in [-0.4, -0.2) is 22.3 Å². The molecule has 100 valence electrons. The Hall–Kier alpha value is -1.55. The van der Waals surface area contributed by atoms with Crippen molar-refractivity contribution in [3.05, 3.63) is 47.3 Å². The molecular formula is C15H19N3S. The van der Waals surface area contributed by atoms with Crippen LogP contribution in [0.1, 0.15) is 17.0 Å². The molecule has 0 aliphatic carbocycles. The second-order valence-electron chi connectivity index (χ2n) is 4.56. The standard InChI is InChI=1S/C15H19N3S/c1-11-4-6-14(7-5-11)19-9-8-16-15-17-12(2)10-13(3)18-15/h4-7,10H,8-9H2,1-3H3,(H,16,17,18). The van der Waals surface area contributed by atoms with Crippen LogP contribution in [0.4, 0.5) is 5.95 Å². The molecule has 4 heteroatoms. The molecule has 0 atom stereocenters. The molecule has 0 amide bonds. The molecule has 0 bridgehead atoms. The predicted octanol–water partition coefficient (Wildman–Crippen LogP) is 3.61. The van der Waals surface area contributed by atoms with E-state index in [2.05, 4.69) is 46.5 Å². The lowest BCUT2D eigenvalue weighted by atomic mass is 10.2. The lowest BCUT2D eigenvalue weighted by Crippen LogP contribution is -2.08. The average molecular weight is 273 g/mol. The van der Waals surface area contributed by atoms with E-state index in [0.29, 0.717) is 0 Å². The van der Waals surface area contributed by atoms with Gasteiger partial charge in [0.2, 0.25) is 5.95 Å². The Bertz CT molecular complexity index is 517. The third-order valence-corrected chi connectivity index (χ3v) is 3.67. The van der Waals surface area contributed by atoms with Crippen molar-refractivity contribution >= 4 is 17.7 Å². The van der Waals surface area contributed by atoms with Crippen LogP contribution in [0, 0.1) is 20.8 Å². The summed E-state index contributed by atoms with van der Waals surface area (Å²) in [6, 6.07) is 10.6. The van der Waals surface area contributed by atoms with Crippen LogP contribution in [0.15, 0.2) is 35.2 Å². The topological polar surface area (TPSA) is 37.8 Å². The van der Waals surface area contributed by atoms with Crippen molar-refractivity contribution in [2.45, 2.75) is 25.7 Å². The Balaban J connectivity index is 1.79. The molecule has 0 spiro atoms. The highest BCUT2D eigenvalue weighted by Crippen LogP contribution is 2.17. The molecular weight excluding hydrogens is 254 g/mol. The van der Waals surface area contributed by atoms with Crippen molar-refractivity contribution in [2.24, 2.45) is 0 Å². The van der Waals surface area contributed by atoms with Crippen molar-refractivity contribution < 1.29 is 0 Å². The number of anilines is 1. The normalized spacial score (nSPS) is 10.5. The van der Waals surface area contributed by atoms with Crippen molar-refractivity contribution in [2.75, 3.05) is 17.6 Å². The number of nitrogens with zero attached hydrogens (tertiary/aromatic N) is 2. The molecule has 0 aliphatic rings. The predicted molar refractivity (Wildman–Crippen MR) is 81.9 cm³/mol. The average Bonchev–Trinajstić information content (AvgIpc) is 2.36. The Morgan fingerprint density at radius 1 is 1.00 bits per heavy atom. The number of rotatable bonds is 5. The maximum atomic E-state index is 4.36. The second-order valence-corrected chi connectivity index (χ2v) is 5.73. The monoisotopic (exact) mass is 273 g/mol. The summed E-state index contributed by atoms with van der Waals surface area (Å²) < 4.78 is 0. The third kappa shape index (κ3) is 4.56. The fourth-order valence-electron chi connectivity index (χ4n) is 1.77. The molecule has 0 aliphatic heterocycles. The van der Waals surface area contributed by atoms with Crippen molar-refractivity contribution in [3.8, 4) is 0 Å². The molecule has 19 heavy (non-hydrogen) atoms. The summed E-state index contributed by atoms with van der Waals surface area (Å²) in [6.45, 7) is 6.94. The third-order valence-electron chi connectivity index (χ3n) is 2.66. The summed E-state index contributed by atoms with van der Waals surface area (Å²) in [5.41, 5.74) is 3.30. The largest absolute Gasteiger partial charge is 0.353 e. The fourth-order valence-corrected chi connectivity index (χ4v) is 2.54. The van der Waals surface area contributed by atoms with Gasteiger partial charge in [0.25, 0.3) is 0 Å². The molecule has 0 unspecified atom stereocenters. The second kappa shape index (κ2) is 6.57. The Morgan fingerprint density at radius 2 is 1.63 bits per heavy atom. The van der Waals surface area contributed by atoms with Gasteiger partial charge in [0.15, 0.2) is 0 Å². The van der Waals surface area contributed by atoms with Crippen molar-refractivity contribution in [1.82, 2.24) is 9.97 Å². The van der Waals surface area contributed by atoms with Gasteiger partial charge in [0.1, 0.15) is 0 Å². The minimum Gasteiger partial charge on any atom is -0.353 e. The number of benzene rings is 1. The zero-order valence-corrected chi connectivity index (χ0v) is 12.4. The van der Waals surface area contributed by atoms with E-state index in [1.165, 1.54) is 10.5 Å². The van der Waals surface area contributed by atoms with Gasteiger partial charge in [-0.3, -0.25) is 0 Å². The number of hydrogen-bond acceptors (Lipinski definition) is 4. The van der Waals surface area contributed by atoms with Gasteiger partial charge in [-0.2, -0.15) is 0 Å². The summed E-state index contributed by atoms with van der Waals surface area (Å²) in [4.78, 5) is 10.0. The van der Waals surface area contributed by atoms with Crippen LogP contribution in [0.3, 0.4) is 0 Å². The first-order chi connectivity index (χ1) is 9.13. The molecule has 3 nitrogen and oxygen atoms in total. The smallest absolute Gasteiger partial charge is 0.223 e. The van der Waals surface area contributed by atoms with E-state index in [-0.39, 0.29) is 0 Å². The van der Waals surface area contributed by atoms with Crippen LogP contribution in [0.2, 0.25) is 0 Å². The zero-order chi connectivity index (χ0) is 13.7. The maximum absolute atomic E-state index is 4.36. The number of nitrogens with one attached hydrogen (secondary N) is 1. The SMILES string of the molecule is Cc1ccc(SCCNc2nc(C)cc(C)n2)cc1. The highest BCUT2D eigenvalue weighted by atomic mass is 32.2. The van der Waals surface area contributed by atoms with Crippen LogP contribution < -0.4 is 5.32 Å². The minimum atomic E-state index is 0.724. The van der Waals surface area contributed by atoms with Crippen LogP contribution >= 0.6 is 11.8 Å². The first-order valence-corrected chi connectivity index (χ1v) is 7.38. The van der Waals surface area contributed by atoms with Gasteiger partial charge in [0, 0.05) is 28.6 Å². The van der Waals surface area contributed by atoms with E-state index in [4.69, 9.17) is 0 Å². The van der Waals surface area contributed by atoms with Crippen molar-refractivity contribution in [1.29, 1.82) is 0 Å². The van der Waals surface area contributed by atoms with Gasteiger partial charge in [-0.1, -0.05) is 17.7 Å². The molecule has 1 N–H and O–H groups in total. The fraction of sp³-hybridized carbons (Fsp3) is 0.333. The van der Waals surface area contributed by atoms with Crippen molar-refractivity contribution in [3.63, 3.8) is 0 Å². The first-order valence-electron chi connectivity index (χ1n) is 6.39. The molecule has 0 saturated heterocycles. The van der Waals surface area contributed by atoms with E-state index >= 15 is 0 Å². The maximum Gasteiger partial charge on any atom is 0.223 e. The zero-order valence-electron chi connectivity index (χ0n) is 11.6. The van der Waals surface area contributed by atoms with Gasteiger partial charge in [0.05, 0.1) is 0 Å². The molecule has 1 aromatic heterocycles.